The zero-order chi connectivity index (χ0) is 10.2. The van der Waals surface area contributed by atoms with E-state index >= 15 is 0 Å². The maximum atomic E-state index is 10.3. The van der Waals surface area contributed by atoms with Gasteiger partial charge in [0.25, 0.3) is 0 Å². The highest BCUT2D eigenvalue weighted by Gasteiger charge is 2.25. The summed E-state index contributed by atoms with van der Waals surface area (Å²) in [6.07, 6.45) is 3.07. The Morgan fingerprint density at radius 1 is 1.43 bits per heavy atom. The van der Waals surface area contributed by atoms with Crippen LogP contribution in [0, 0.1) is 5.92 Å². The van der Waals surface area contributed by atoms with Crippen LogP contribution in [0.4, 0.5) is 0 Å². The molecule has 0 aromatic rings. The molecule has 0 saturated carbocycles. The van der Waals surface area contributed by atoms with Crippen molar-refractivity contribution >= 4 is 6.29 Å². The van der Waals surface area contributed by atoms with Gasteiger partial charge < -0.3 is 19.0 Å². The van der Waals surface area contributed by atoms with Crippen molar-refractivity contribution in [2.75, 3.05) is 26.9 Å². The van der Waals surface area contributed by atoms with E-state index in [1.54, 1.807) is 7.11 Å². The number of carbonyl (C=O) groups excluding carboxylic acids is 1. The molecule has 1 heterocycles. The molecule has 4 heteroatoms. The summed E-state index contributed by atoms with van der Waals surface area (Å²) in [4.78, 5) is 10.3. The Morgan fingerprint density at radius 3 is 2.71 bits per heavy atom. The standard InChI is InChI=1S/C10H18O4/c1-12-6-4-9(3-2-5-11)10-13-7-8-14-10/h5,9-10H,2-4,6-8H2,1H3. The highest BCUT2D eigenvalue weighted by atomic mass is 16.7. The minimum atomic E-state index is -0.134. The van der Waals surface area contributed by atoms with E-state index in [2.05, 4.69) is 0 Å². The molecule has 1 aliphatic heterocycles. The van der Waals surface area contributed by atoms with Gasteiger partial charge in [-0.15, -0.1) is 0 Å². The van der Waals surface area contributed by atoms with Gasteiger partial charge in [0, 0.05) is 26.1 Å². The zero-order valence-corrected chi connectivity index (χ0v) is 8.61. The van der Waals surface area contributed by atoms with Crippen LogP contribution in [0.15, 0.2) is 0 Å². The van der Waals surface area contributed by atoms with Crippen molar-refractivity contribution in [3.63, 3.8) is 0 Å². The first-order valence-corrected chi connectivity index (χ1v) is 5.04. The average Bonchev–Trinajstić information content (AvgIpc) is 2.71. The minimum Gasteiger partial charge on any atom is -0.385 e. The summed E-state index contributed by atoms with van der Waals surface area (Å²) >= 11 is 0. The van der Waals surface area contributed by atoms with E-state index in [1.807, 2.05) is 0 Å². The molecule has 4 nitrogen and oxygen atoms in total. The maximum absolute atomic E-state index is 10.3. The Bertz CT molecular complexity index is 154. The topological polar surface area (TPSA) is 44.8 Å². The Hall–Kier alpha value is -0.450. The lowest BCUT2D eigenvalue weighted by atomic mass is 9.99. The van der Waals surface area contributed by atoms with Gasteiger partial charge in [-0.3, -0.25) is 0 Å². The summed E-state index contributed by atoms with van der Waals surface area (Å²) < 4.78 is 15.8. The van der Waals surface area contributed by atoms with Crippen LogP contribution in [-0.2, 0) is 19.0 Å². The molecule has 1 aliphatic rings. The van der Waals surface area contributed by atoms with Crippen LogP contribution in [0.2, 0.25) is 0 Å². The van der Waals surface area contributed by atoms with Crippen LogP contribution in [-0.4, -0.2) is 39.5 Å². The maximum Gasteiger partial charge on any atom is 0.160 e. The van der Waals surface area contributed by atoms with Crippen molar-refractivity contribution < 1.29 is 19.0 Å². The van der Waals surface area contributed by atoms with Crippen molar-refractivity contribution in [2.45, 2.75) is 25.6 Å². The average molecular weight is 202 g/mol. The number of hydrogen-bond donors (Lipinski definition) is 0. The van der Waals surface area contributed by atoms with E-state index < -0.39 is 0 Å². The number of rotatable bonds is 7. The Labute approximate surface area is 84.5 Å². The molecular formula is C10H18O4. The van der Waals surface area contributed by atoms with Crippen molar-refractivity contribution in [1.29, 1.82) is 0 Å². The molecule has 0 radical (unpaired) electrons. The van der Waals surface area contributed by atoms with Gasteiger partial charge in [0.05, 0.1) is 13.2 Å². The fraction of sp³-hybridized carbons (Fsp3) is 0.900. The van der Waals surface area contributed by atoms with Crippen LogP contribution in [0.3, 0.4) is 0 Å². The smallest absolute Gasteiger partial charge is 0.160 e. The number of carbonyl (C=O) groups is 1. The normalized spacial score (nSPS) is 19.8. The summed E-state index contributed by atoms with van der Waals surface area (Å²) in [7, 11) is 1.67. The molecule has 1 fully saturated rings. The van der Waals surface area contributed by atoms with E-state index in [-0.39, 0.29) is 12.2 Å². The highest BCUT2D eigenvalue weighted by molar-refractivity contribution is 5.49. The van der Waals surface area contributed by atoms with Crippen LogP contribution >= 0.6 is 0 Å². The Balaban J connectivity index is 2.29. The number of hydrogen-bond acceptors (Lipinski definition) is 4. The van der Waals surface area contributed by atoms with Gasteiger partial charge >= 0.3 is 0 Å². The van der Waals surface area contributed by atoms with E-state index in [9.17, 15) is 4.79 Å². The third kappa shape index (κ3) is 3.74. The lowest BCUT2D eigenvalue weighted by Crippen LogP contribution is -2.23. The second-order valence-electron chi connectivity index (χ2n) is 3.40. The van der Waals surface area contributed by atoms with Crippen LogP contribution in [0.25, 0.3) is 0 Å². The molecule has 0 spiro atoms. The lowest BCUT2D eigenvalue weighted by molar-refractivity contribution is -0.110. The highest BCUT2D eigenvalue weighted by Crippen LogP contribution is 2.22. The second kappa shape index (κ2) is 6.92. The quantitative estimate of drug-likeness (QED) is 0.577. The summed E-state index contributed by atoms with van der Waals surface area (Å²) in [5.74, 6) is 0.280. The zero-order valence-electron chi connectivity index (χ0n) is 8.61. The molecule has 0 amide bonds. The molecule has 1 atom stereocenters. The van der Waals surface area contributed by atoms with E-state index in [4.69, 9.17) is 14.2 Å². The summed E-state index contributed by atoms with van der Waals surface area (Å²) in [6.45, 7) is 2.01. The molecule has 1 saturated heterocycles. The summed E-state index contributed by atoms with van der Waals surface area (Å²) in [6, 6.07) is 0. The number of ether oxygens (including phenoxy) is 3. The first-order valence-electron chi connectivity index (χ1n) is 5.04. The lowest BCUT2D eigenvalue weighted by Gasteiger charge is -2.20. The van der Waals surface area contributed by atoms with Crippen molar-refractivity contribution in [3.8, 4) is 0 Å². The Kier molecular flexibility index (Phi) is 5.75. The summed E-state index contributed by atoms with van der Waals surface area (Å²) in [5, 5.41) is 0. The molecule has 14 heavy (non-hydrogen) atoms. The predicted molar refractivity (Wildman–Crippen MR) is 51.0 cm³/mol. The van der Waals surface area contributed by atoms with Crippen molar-refractivity contribution in [3.05, 3.63) is 0 Å². The van der Waals surface area contributed by atoms with Crippen LogP contribution in [0.1, 0.15) is 19.3 Å². The molecule has 0 bridgehead atoms. The second-order valence-corrected chi connectivity index (χ2v) is 3.40. The minimum absolute atomic E-state index is 0.134. The molecular weight excluding hydrogens is 184 g/mol. The third-order valence-corrected chi connectivity index (χ3v) is 2.38. The monoisotopic (exact) mass is 202 g/mol. The van der Waals surface area contributed by atoms with Gasteiger partial charge in [-0.2, -0.15) is 0 Å². The molecule has 0 aromatic carbocycles. The third-order valence-electron chi connectivity index (χ3n) is 2.38. The summed E-state index contributed by atoms with van der Waals surface area (Å²) in [5.41, 5.74) is 0. The Morgan fingerprint density at radius 2 is 2.14 bits per heavy atom. The molecule has 0 aromatic heterocycles. The van der Waals surface area contributed by atoms with Gasteiger partial charge in [0.2, 0.25) is 0 Å². The first kappa shape index (κ1) is 11.6. The van der Waals surface area contributed by atoms with Crippen LogP contribution in [0.5, 0.6) is 0 Å². The van der Waals surface area contributed by atoms with E-state index in [1.165, 1.54) is 0 Å². The van der Waals surface area contributed by atoms with Gasteiger partial charge in [0.15, 0.2) is 6.29 Å². The van der Waals surface area contributed by atoms with Crippen molar-refractivity contribution in [1.82, 2.24) is 0 Å². The van der Waals surface area contributed by atoms with Gasteiger partial charge in [-0.25, -0.2) is 0 Å². The fourth-order valence-corrected chi connectivity index (χ4v) is 1.62. The van der Waals surface area contributed by atoms with E-state index in [0.717, 1.165) is 19.1 Å². The molecule has 1 rings (SSSR count). The number of aldehydes is 1. The SMILES string of the molecule is COCCC(CCC=O)C1OCCO1. The van der Waals surface area contributed by atoms with Crippen LogP contribution < -0.4 is 0 Å². The van der Waals surface area contributed by atoms with Gasteiger partial charge in [-0.05, 0) is 12.8 Å². The predicted octanol–water partition coefficient (Wildman–Crippen LogP) is 0.991. The first-order chi connectivity index (χ1) is 6.88. The largest absolute Gasteiger partial charge is 0.385 e. The molecule has 0 N–H and O–H groups in total. The number of methoxy groups -OCH3 is 1. The molecule has 0 aliphatic carbocycles. The van der Waals surface area contributed by atoms with E-state index in [0.29, 0.717) is 26.2 Å². The van der Waals surface area contributed by atoms with Gasteiger partial charge in [0.1, 0.15) is 6.29 Å². The fourth-order valence-electron chi connectivity index (χ4n) is 1.62. The van der Waals surface area contributed by atoms with Crippen molar-refractivity contribution in [2.24, 2.45) is 5.92 Å². The molecule has 82 valence electrons. The van der Waals surface area contributed by atoms with Gasteiger partial charge in [-0.1, -0.05) is 0 Å². The molecule has 1 unspecified atom stereocenters.